The summed E-state index contributed by atoms with van der Waals surface area (Å²) in [5.74, 6) is 0. The van der Waals surface area contributed by atoms with Gasteiger partial charge in [0, 0.05) is 5.41 Å². The Morgan fingerprint density at radius 3 is 2.11 bits per heavy atom. The Hall–Kier alpha value is -0.0800. The zero-order valence-electron chi connectivity index (χ0n) is 7.35. The van der Waals surface area contributed by atoms with Gasteiger partial charge in [-0.25, -0.2) is 0 Å². The molecule has 0 amide bonds. The van der Waals surface area contributed by atoms with Crippen LogP contribution >= 0.6 is 0 Å². The third-order valence-electron chi connectivity index (χ3n) is 2.21. The van der Waals surface area contributed by atoms with Crippen molar-refractivity contribution in [1.29, 1.82) is 1.43 Å². The van der Waals surface area contributed by atoms with Gasteiger partial charge in [0.05, 0.1) is 0 Å². The Labute approximate surface area is 58.0 Å². The molecule has 0 bridgehead atoms. The summed E-state index contributed by atoms with van der Waals surface area (Å²) in [6.07, 6.45) is 0.690. The highest BCUT2D eigenvalue weighted by Gasteiger charge is 2.26. The molecule has 0 saturated heterocycles. The summed E-state index contributed by atoms with van der Waals surface area (Å²) in [7, 11) is 0. The normalized spacial score (nSPS) is 17.1. The van der Waals surface area contributed by atoms with Crippen molar-refractivity contribution in [3.05, 3.63) is 0 Å². The van der Waals surface area contributed by atoms with Gasteiger partial charge in [-0.15, -0.1) is 0 Å². The Kier molecular flexibility index (Phi) is 2.49. The van der Waals surface area contributed by atoms with Gasteiger partial charge < -0.3 is 10.2 Å². The largest absolute Gasteiger partial charge is 0.368 e. The topological polar surface area (TPSA) is 40.5 Å². The van der Waals surface area contributed by atoms with Crippen LogP contribution in [0.1, 0.15) is 33.6 Å². The fourth-order valence-corrected chi connectivity index (χ4v) is 0.599. The van der Waals surface area contributed by atoms with E-state index >= 15 is 0 Å². The molecule has 1 atom stereocenters. The molecule has 0 saturated carbocycles. The minimum Gasteiger partial charge on any atom is -0.368 e. The maximum absolute atomic E-state index is 9.17. The summed E-state index contributed by atoms with van der Waals surface area (Å²) >= 11 is 0. The zero-order valence-corrected chi connectivity index (χ0v) is 6.35. The van der Waals surface area contributed by atoms with Crippen molar-refractivity contribution in [2.75, 3.05) is 0 Å². The lowest BCUT2D eigenvalue weighted by Crippen LogP contribution is -2.30. The van der Waals surface area contributed by atoms with Gasteiger partial charge in [-0.2, -0.15) is 0 Å². The van der Waals surface area contributed by atoms with Crippen molar-refractivity contribution < 1.29 is 10.2 Å². The molecule has 0 radical (unpaired) electrons. The molecule has 0 aliphatic carbocycles. The van der Waals surface area contributed by atoms with E-state index in [0.29, 0.717) is 0 Å². The molecule has 2 heteroatoms. The number of aliphatic hydroxyl groups excluding tert-OH is 1. The highest BCUT2D eigenvalue weighted by molar-refractivity contribution is 4.71. The van der Waals surface area contributed by atoms with Crippen LogP contribution in [0.2, 0.25) is 0 Å². The van der Waals surface area contributed by atoms with Crippen molar-refractivity contribution in [1.82, 2.24) is 0 Å². The highest BCUT2D eigenvalue weighted by atomic mass is 16.5. The molecule has 0 heterocycles. The SMILES string of the molecule is [2H]OC(O)C(C)(CC)CC. The number of rotatable bonds is 4. The van der Waals surface area contributed by atoms with E-state index in [1.807, 2.05) is 20.8 Å². The van der Waals surface area contributed by atoms with Crippen molar-refractivity contribution in [3.8, 4) is 0 Å². The first kappa shape index (κ1) is 7.03. The molecule has 0 aliphatic rings. The van der Waals surface area contributed by atoms with Crippen LogP contribution in [0.15, 0.2) is 0 Å². The van der Waals surface area contributed by atoms with Crippen molar-refractivity contribution in [2.45, 2.75) is 39.9 Å². The standard InChI is InChI=1S/C7H16O2/c1-4-7(3,5-2)6(8)9/h6,8-9H,4-5H2,1-3H3/i8D. The summed E-state index contributed by atoms with van der Waals surface area (Å²) in [5.41, 5.74) is -0.262. The van der Waals surface area contributed by atoms with Gasteiger partial charge in [-0.3, -0.25) is 0 Å². The molecular formula is C7H16O2. The molecule has 0 aromatic carbocycles. The summed E-state index contributed by atoms with van der Waals surface area (Å²) in [6.45, 7) is 5.86. The lowest BCUT2D eigenvalue weighted by Gasteiger charge is -2.28. The molecule has 56 valence electrons. The molecule has 0 rings (SSSR count). The molecule has 0 aromatic rings. The van der Waals surface area contributed by atoms with E-state index < -0.39 is 6.29 Å². The van der Waals surface area contributed by atoms with E-state index in [9.17, 15) is 0 Å². The van der Waals surface area contributed by atoms with Crippen LogP contribution in [0.3, 0.4) is 0 Å². The second-order valence-electron chi connectivity index (χ2n) is 2.71. The molecule has 0 aliphatic heterocycles. The second-order valence-corrected chi connectivity index (χ2v) is 2.71. The van der Waals surface area contributed by atoms with Crippen LogP contribution in [-0.2, 0) is 0 Å². The maximum atomic E-state index is 9.17. The van der Waals surface area contributed by atoms with Gasteiger partial charge in [-0.05, 0) is 12.8 Å². The molecule has 2 N–H and O–H groups in total. The quantitative estimate of drug-likeness (QED) is 0.564. The van der Waals surface area contributed by atoms with Gasteiger partial charge in [0.1, 0.15) is 0 Å². The Morgan fingerprint density at radius 2 is 2.00 bits per heavy atom. The minimum absolute atomic E-state index is 0.262. The van der Waals surface area contributed by atoms with Crippen molar-refractivity contribution in [3.63, 3.8) is 0 Å². The number of hydrogen-bond acceptors (Lipinski definition) is 2. The predicted molar refractivity (Wildman–Crippen MR) is 36.9 cm³/mol. The lowest BCUT2D eigenvalue weighted by molar-refractivity contribution is -0.131. The van der Waals surface area contributed by atoms with E-state index in [-0.39, 0.29) is 5.41 Å². The molecule has 0 spiro atoms. The van der Waals surface area contributed by atoms with E-state index in [4.69, 9.17) is 6.54 Å². The van der Waals surface area contributed by atoms with E-state index in [0.717, 1.165) is 12.8 Å². The highest BCUT2D eigenvalue weighted by Crippen LogP contribution is 2.27. The van der Waals surface area contributed by atoms with Crippen LogP contribution < -0.4 is 0 Å². The molecule has 0 fully saturated rings. The summed E-state index contributed by atoms with van der Waals surface area (Å²) in [6, 6.07) is 0. The fraction of sp³-hybridized carbons (Fsp3) is 1.00. The molecule has 0 aromatic heterocycles. The number of hydrogen-bond donors (Lipinski definition) is 2. The monoisotopic (exact) mass is 133 g/mol. The van der Waals surface area contributed by atoms with Crippen LogP contribution in [-0.4, -0.2) is 17.9 Å². The molecule has 9 heavy (non-hydrogen) atoms. The zero-order chi connectivity index (χ0) is 8.20. The Balaban J connectivity index is 4.02. The van der Waals surface area contributed by atoms with Gasteiger partial charge >= 0.3 is 0 Å². The Morgan fingerprint density at radius 1 is 1.56 bits per heavy atom. The van der Waals surface area contributed by atoms with Crippen LogP contribution in [0.5, 0.6) is 0 Å². The maximum Gasteiger partial charge on any atom is 0.213 e. The first-order chi connectivity index (χ1) is 4.60. The molecule has 2 nitrogen and oxygen atoms in total. The van der Waals surface area contributed by atoms with Gasteiger partial charge in [0.15, 0.2) is 6.29 Å². The predicted octanol–water partition coefficient (Wildman–Crippen LogP) is 1.12. The summed E-state index contributed by atoms with van der Waals surface area (Å²) in [5, 5.41) is 13.3. The molecule has 1 unspecified atom stereocenters. The van der Waals surface area contributed by atoms with Gasteiger partial charge in [-0.1, -0.05) is 20.8 Å². The average Bonchev–Trinajstić information content (AvgIpc) is 2.01. The van der Waals surface area contributed by atoms with Crippen LogP contribution in [0.4, 0.5) is 0 Å². The fourth-order valence-electron chi connectivity index (χ4n) is 0.599. The van der Waals surface area contributed by atoms with E-state index in [1.165, 1.54) is 0 Å². The lowest BCUT2D eigenvalue weighted by atomic mass is 9.84. The van der Waals surface area contributed by atoms with Crippen molar-refractivity contribution in [2.24, 2.45) is 5.41 Å². The summed E-state index contributed by atoms with van der Waals surface area (Å²) < 4.78 is 6.52. The first-order valence-corrected chi connectivity index (χ1v) is 3.40. The van der Waals surface area contributed by atoms with E-state index in [1.54, 1.807) is 0 Å². The smallest absolute Gasteiger partial charge is 0.213 e. The minimum atomic E-state index is -0.956. The summed E-state index contributed by atoms with van der Waals surface area (Å²) in [4.78, 5) is 0. The third kappa shape index (κ3) is 1.95. The third-order valence-corrected chi connectivity index (χ3v) is 2.21. The van der Waals surface area contributed by atoms with Gasteiger partial charge in [0.25, 0.3) is 0 Å². The average molecular weight is 133 g/mol. The van der Waals surface area contributed by atoms with Crippen LogP contribution in [0, 0.1) is 5.41 Å². The molecular weight excluding hydrogens is 116 g/mol. The first-order valence-electron chi connectivity index (χ1n) is 3.81. The van der Waals surface area contributed by atoms with Gasteiger partial charge in [0.2, 0.25) is 1.43 Å². The second kappa shape index (κ2) is 3.18. The van der Waals surface area contributed by atoms with E-state index in [2.05, 4.69) is 5.11 Å². The Bertz CT molecular complexity index is 91.6. The number of aliphatic hydroxyl groups is 2. The van der Waals surface area contributed by atoms with Crippen molar-refractivity contribution >= 4 is 0 Å². The van der Waals surface area contributed by atoms with Crippen LogP contribution in [0.25, 0.3) is 0 Å².